The third kappa shape index (κ3) is 3.25. The minimum absolute atomic E-state index is 0.254. The molecule has 2 nitrogen and oxygen atoms in total. The number of nitrogens with zero attached hydrogens (tertiary/aromatic N) is 1. The van der Waals surface area contributed by atoms with Crippen LogP contribution < -0.4 is 5.73 Å². The Kier molecular flexibility index (Phi) is 4.83. The molecule has 0 spiro atoms. The van der Waals surface area contributed by atoms with Gasteiger partial charge in [0.15, 0.2) is 11.6 Å². The summed E-state index contributed by atoms with van der Waals surface area (Å²) in [5.74, 6) is -1.66. The zero-order chi connectivity index (χ0) is 12.1. The van der Waals surface area contributed by atoms with Gasteiger partial charge in [-0.2, -0.15) is 0 Å². The Morgan fingerprint density at radius 1 is 1.38 bits per heavy atom. The van der Waals surface area contributed by atoms with E-state index in [4.69, 9.17) is 5.73 Å². The molecule has 0 fully saturated rings. The highest BCUT2D eigenvalue weighted by Crippen LogP contribution is 2.19. The van der Waals surface area contributed by atoms with Crippen molar-refractivity contribution in [2.45, 2.75) is 19.4 Å². The fraction of sp³-hybridized carbons (Fsp3) is 0.500. The average Bonchev–Trinajstić information content (AvgIpc) is 2.29. The first-order valence-electron chi connectivity index (χ1n) is 5.44. The van der Waals surface area contributed by atoms with Gasteiger partial charge in [-0.3, -0.25) is 0 Å². The van der Waals surface area contributed by atoms with Crippen molar-refractivity contribution in [1.82, 2.24) is 4.90 Å². The van der Waals surface area contributed by atoms with Crippen LogP contribution in [0, 0.1) is 11.6 Å². The maximum Gasteiger partial charge on any atom is 0.163 e. The number of hydrogen-bond acceptors (Lipinski definition) is 2. The standard InChI is InChI=1S/C12H18F2N2/c1-3-16(2)8-7-11(15)9-5-4-6-10(13)12(9)14/h4-6,11H,3,7-8,15H2,1-2H3. The zero-order valence-corrected chi connectivity index (χ0v) is 9.71. The lowest BCUT2D eigenvalue weighted by atomic mass is 10.0. The van der Waals surface area contributed by atoms with Crippen molar-refractivity contribution in [3.05, 3.63) is 35.4 Å². The second-order valence-electron chi connectivity index (χ2n) is 3.93. The Morgan fingerprint density at radius 2 is 2.06 bits per heavy atom. The maximum atomic E-state index is 13.4. The highest BCUT2D eigenvalue weighted by Gasteiger charge is 2.14. The van der Waals surface area contributed by atoms with E-state index in [1.807, 2.05) is 14.0 Å². The minimum Gasteiger partial charge on any atom is -0.324 e. The van der Waals surface area contributed by atoms with Crippen molar-refractivity contribution < 1.29 is 8.78 Å². The van der Waals surface area contributed by atoms with Crippen LogP contribution in [0.15, 0.2) is 18.2 Å². The lowest BCUT2D eigenvalue weighted by Gasteiger charge is -2.18. The SMILES string of the molecule is CCN(C)CCC(N)c1cccc(F)c1F. The molecular formula is C12H18F2N2. The molecule has 2 N–H and O–H groups in total. The molecule has 90 valence electrons. The average molecular weight is 228 g/mol. The summed E-state index contributed by atoms with van der Waals surface area (Å²) >= 11 is 0. The second kappa shape index (κ2) is 5.92. The van der Waals surface area contributed by atoms with Gasteiger partial charge in [0.05, 0.1) is 0 Å². The molecule has 0 aliphatic rings. The van der Waals surface area contributed by atoms with E-state index in [2.05, 4.69) is 4.90 Å². The van der Waals surface area contributed by atoms with E-state index >= 15 is 0 Å². The summed E-state index contributed by atoms with van der Waals surface area (Å²) in [6.07, 6.45) is 0.616. The van der Waals surface area contributed by atoms with Gasteiger partial charge < -0.3 is 10.6 Å². The van der Waals surface area contributed by atoms with Crippen molar-refractivity contribution in [2.75, 3.05) is 20.1 Å². The Bertz CT molecular complexity index is 342. The molecule has 1 rings (SSSR count). The van der Waals surface area contributed by atoms with Crippen LogP contribution in [0.5, 0.6) is 0 Å². The summed E-state index contributed by atoms with van der Waals surface area (Å²) < 4.78 is 26.4. The Hall–Kier alpha value is -1.00. The lowest BCUT2D eigenvalue weighted by Crippen LogP contribution is -2.24. The quantitative estimate of drug-likeness (QED) is 0.838. The van der Waals surface area contributed by atoms with Crippen LogP contribution in [-0.4, -0.2) is 25.0 Å². The van der Waals surface area contributed by atoms with E-state index in [0.717, 1.165) is 19.2 Å². The first-order valence-corrected chi connectivity index (χ1v) is 5.44. The normalized spacial score (nSPS) is 13.1. The van der Waals surface area contributed by atoms with Crippen molar-refractivity contribution in [3.63, 3.8) is 0 Å². The van der Waals surface area contributed by atoms with Crippen LogP contribution >= 0.6 is 0 Å². The van der Waals surface area contributed by atoms with E-state index < -0.39 is 17.7 Å². The van der Waals surface area contributed by atoms with Crippen molar-refractivity contribution >= 4 is 0 Å². The Morgan fingerprint density at radius 3 is 2.69 bits per heavy atom. The fourth-order valence-corrected chi connectivity index (χ4v) is 1.48. The van der Waals surface area contributed by atoms with Crippen LogP contribution in [-0.2, 0) is 0 Å². The summed E-state index contributed by atoms with van der Waals surface area (Å²) in [5, 5.41) is 0. The highest BCUT2D eigenvalue weighted by atomic mass is 19.2. The molecule has 0 radical (unpaired) electrons. The van der Waals surface area contributed by atoms with Crippen LogP contribution in [0.2, 0.25) is 0 Å². The van der Waals surface area contributed by atoms with Crippen molar-refractivity contribution in [1.29, 1.82) is 0 Å². The lowest BCUT2D eigenvalue weighted by molar-refractivity contribution is 0.332. The number of hydrogen-bond donors (Lipinski definition) is 1. The predicted octanol–water partition coefficient (Wildman–Crippen LogP) is 2.31. The number of benzene rings is 1. The van der Waals surface area contributed by atoms with Gasteiger partial charge in [-0.25, -0.2) is 8.78 Å². The van der Waals surface area contributed by atoms with Gasteiger partial charge in [-0.15, -0.1) is 0 Å². The summed E-state index contributed by atoms with van der Waals surface area (Å²) in [4.78, 5) is 2.08. The molecule has 0 saturated heterocycles. The summed E-state index contributed by atoms with van der Waals surface area (Å²) in [7, 11) is 1.97. The molecule has 16 heavy (non-hydrogen) atoms. The minimum atomic E-state index is -0.836. The maximum absolute atomic E-state index is 13.4. The van der Waals surface area contributed by atoms with E-state index in [1.165, 1.54) is 12.1 Å². The van der Waals surface area contributed by atoms with Gasteiger partial charge in [-0.05, 0) is 32.6 Å². The van der Waals surface area contributed by atoms with Crippen LogP contribution in [0.4, 0.5) is 8.78 Å². The first-order chi connectivity index (χ1) is 7.56. The molecule has 0 aliphatic carbocycles. The van der Waals surface area contributed by atoms with E-state index in [9.17, 15) is 8.78 Å². The van der Waals surface area contributed by atoms with Gasteiger partial charge in [0.1, 0.15) is 0 Å². The van der Waals surface area contributed by atoms with E-state index in [1.54, 1.807) is 0 Å². The molecule has 0 heterocycles. The zero-order valence-electron chi connectivity index (χ0n) is 9.71. The first kappa shape index (κ1) is 13.1. The topological polar surface area (TPSA) is 29.3 Å². The Balaban J connectivity index is 2.66. The van der Waals surface area contributed by atoms with Gasteiger partial charge >= 0.3 is 0 Å². The molecule has 0 bridgehead atoms. The monoisotopic (exact) mass is 228 g/mol. The van der Waals surface area contributed by atoms with Crippen molar-refractivity contribution in [2.24, 2.45) is 5.73 Å². The molecular weight excluding hydrogens is 210 g/mol. The highest BCUT2D eigenvalue weighted by molar-refractivity contribution is 5.22. The van der Waals surface area contributed by atoms with Crippen LogP contribution in [0.25, 0.3) is 0 Å². The third-order valence-corrected chi connectivity index (χ3v) is 2.74. The van der Waals surface area contributed by atoms with Crippen LogP contribution in [0.3, 0.4) is 0 Å². The summed E-state index contributed by atoms with van der Waals surface area (Å²) in [6.45, 7) is 3.72. The summed E-state index contributed by atoms with van der Waals surface area (Å²) in [5.41, 5.74) is 6.09. The smallest absolute Gasteiger partial charge is 0.163 e. The molecule has 1 aromatic carbocycles. The number of nitrogens with two attached hydrogens (primary N) is 1. The molecule has 0 aliphatic heterocycles. The predicted molar refractivity (Wildman–Crippen MR) is 61.1 cm³/mol. The van der Waals surface area contributed by atoms with Gasteiger partial charge in [-0.1, -0.05) is 19.1 Å². The molecule has 0 aromatic heterocycles. The van der Waals surface area contributed by atoms with Crippen molar-refractivity contribution in [3.8, 4) is 0 Å². The molecule has 4 heteroatoms. The molecule has 1 atom stereocenters. The summed E-state index contributed by atoms with van der Waals surface area (Å²) in [6, 6.07) is 3.67. The van der Waals surface area contributed by atoms with Crippen LogP contribution in [0.1, 0.15) is 24.9 Å². The molecule has 0 amide bonds. The Labute approximate surface area is 95.1 Å². The fourth-order valence-electron chi connectivity index (χ4n) is 1.48. The molecule has 0 saturated carbocycles. The van der Waals surface area contributed by atoms with Gasteiger partial charge in [0.25, 0.3) is 0 Å². The third-order valence-electron chi connectivity index (χ3n) is 2.74. The van der Waals surface area contributed by atoms with E-state index in [-0.39, 0.29) is 5.56 Å². The largest absolute Gasteiger partial charge is 0.324 e. The molecule has 1 aromatic rings. The second-order valence-corrected chi connectivity index (χ2v) is 3.93. The van der Waals surface area contributed by atoms with Gasteiger partial charge in [0.2, 0.25) is 0 Å². The number of halogens is 2. The van der Waals surface area contributed by atoms with Gasteiger partial charge in [0, 0.05) is 11.6 Å². The number of rotatable bonds is 5. The van der Waals surface area contributed by atoms with E-state index in [0.29, 0.717) is 6.42 Å². The molecule has 1 unspecified atom stereocenters.